The van der Waals surface area contributed by atoms with Gasteiger partial charge in [-0.15, -0.1) is 0 Å². The molecule has 1 saturated carbocycles. The molecule has 1 aliphatic carbocycles. The van der Waals surface area contributed by atoms with Crippen LogP contribution in [0.4, 0.5) is 0 Å². The average Bonchev–Trinajstić information content (AvgIpc) is 2.83. The van der Waals surface area contributed by atoms with E-state index >= 15 is 0 Å². The number of carboxylic acid groups (broad SMARTS) is 3. The van der Waals surface area contributed by atoms with Gasteiger partial charge in [-0.3, -0.25) is 0 Å². The number of hydrogen-bond donors (Lipinski definition) is 4. The molecule has 0 aliphatic heterocycles. The summed E-state index contributed by atoms with van der Waals surface area (Å²) < 4.78 is 5.32. The number of carbonyl (C=O) groups excluding carboxylic acids is 1. The fourth-order valence-electron chi connectivity index (χ4n) is 3.49. The molecule has 0 spiro atoms. The highest BCUT2D eigenvalue weighted by Crippen LogP contribution is 2.36. The first-order valence-electron chi connectivity index (χ1n) is 10.4. The van der Waals surface area contributed by atoms with E-state index in [0.717, 1.165) is 38.2 Å². The second-order valence-electron chi connectivity index (χ2n) is 7.87. The molecule has 0 saturated heterocycles. The molecule has 0 radical (unpaired) electrons. The molecule has 0 atom stereocenters. The Morgan fingerprint density at radius 3 is 1.67 bits per heavy atom. The van der Waals surface area contributed by atoms with Gasteiger partial charge in [0, 0.05) is 5.41 Å². The molecule has 9 nitrogen and oxygen atoms in total. The van der Waals surface area contributed by atoms with Crippen molar-refractivity contribution in [2.45, 2.75) is 32.1 Å². The van der Waals surface area contributed by atoms with E-state index in [0.29, 0.717) is 5.56 Å². The summed E-state index contributed by atoms with van der Waals surface area (Å²) in [7, 11) is 0. The van der Waals surface area contributed by atoms with Crippen LogP contribution in [0.5, 0.6) is 0 Å². The number of ether oxygens (including phenoxy) is 1. The first kappa shape index (κ1) is 25.5. The van der Waals surface area contributed by atoms with Crippen LogP contribution in [0.2, 0.25) is 0 Å². The van der Waals surface area contributed by atoms with Crippen LogP contribution in [0.1, 0.15) is 73.5 Å². The van der Waals surface area contributed by atoms with Crippen LogP contribution in [0.25, 0.3) is 0 Å². The number of aromatic carboxylic acids is 3. The van der Waals surface area contributed by atoms with Crippen LogP contribution in [0.3, 0.4) is 0 Å². The Kier molecular flexibility index (Phi) is 9.11. The zero-order chi connectivity index (χ0) is 24.4. The van der Waals surface area contributed by atoms with Crippen molar-refractivity contribution >= 4 is 23.9 Å². The standard InChI is InChI=1S/C16H20O5.C8H6O4/c17-10-16(8-2-1-3-9-16)11-21-15(20)13-6-4-12(5-7-13)14(18)19;9-7(10)5-2-1-3-6(4-5)8(11)12/h4-7,17H,1-3,8-11H2,(H,18,19);1-4H,(H,9,10)(H,11,12). The maximum atomic E-state index is 12.0. The fourth-order valence-corrected chi connectivity index (χ4v) is 3.49. The minimum absolute atomic E-state index is 0.0186. The van der Waals surface area contributed by atoms with E-state index in [4.69, 9.17) is 20.1 Å². The summed E-state index contributed by atoms with van der Waals surface area (Å²) in [6.45, 7) is 0.237. The Morgan fingerprint density at radius 1 is 0.727 bits per heavy atom. The van der Waals surface area contributed by atoms with Gasteiger partial charge in [-0.25, -0.2) is 19.2 Å². The van der Waals surface area contributed by atoms with E-state index in [1.807, 2.05) is 0 Å². The molecule has 4 N–H and O–H groups in total. The second kappa shape index (κ2) is 11.8. The van der Waals surface area contributed by atoms with Crippen molar-refractivity contribution in [2.24, 2.45) is 5.41 Å². The van der Waals surface area contributed by atoms with Crippen LogP contribution < -0.4 is 0 Å². The molecular weight excluding hydrogens is 432 g/mol. The highest BCUT2D eigenvalue weighted by Gasteiger charge is 2.33. The number of carbonyl (C=O) groups is 4. The third-order valence-corrected chi connectivity index (χ3v) is 5.48. The summed E-state index contributed by atoms with van der Waals surface area (Å²) in [6.07, 6.45) is 4.99. The Balaban J connectivity index is 0.000000273. The van der Waals surface area contributed by atoms with E-state index in [2.05, 4.69) is 0 Å². The van der Waals surface area contributed by atoms with Crippen molar-refractivity contribution < 1.29 is 44.3 Å². The lowest BCUT2D eigenvalue weighted by Crippen LogP contribution is -2.34. The van der Waals surface area contributed by atoms with Gasteiger partial charge in [-0.2, -0.15) is 0 Å². The molecular formula is C24H26O9. The molecule has 0 bridgehead atoms. The third kappa shape index (κ3) is 7.43. The molecule has 0 amide bonds. The molecule has 176 valence electrons. The molecule has 2 aromatic carbocycles. The first-order valence-corrected chi connectivity index (χ1v) is 10.4. The predicted octanol–water partition coefficient (Wildman–Crippen LogP) is 3.57. The van der Waals surface area contributed by atoms with Crippen molar-refractivity contribution in [3.8, 4) is 0 Å². The molecule has 0 aromatic heterocycles. The van der Waals surface area contributed by atoms with Crippen LogP contribution in [0, 0.1) is 5.41 Å². The smallest absolute Gasteiger partial charge is 0.338 e. The lowest BCUT2D eigenvalue weighted by molar-refractivity contribution is -0.00605. The summed E-state index contributed by atoms with van der Waals surface area (Å²) in [5.41, 5.74) is 0.105. The van der Waals surface area contributed by atoms with Crippen molar-refractivity contribution in [3.05, 3.63) is 70.8 Å². The lowest BCUT2D eigenvalue weighted by atomic mass is 9.75. The number of hydrogen-bond acceptors (Lipinski definition) is 6. The Morgan fingerprint density at radius 2 is 1.21 bits per heavy atom. The van der Waals surface area contributed by atoms with Gasteiger partial charge in [0.2, 0.25) is 0 Å². The molecule has 9 heteroatoms. The fraction of sp³-hybridized carbons (Fsp3) is 0.333. The Bertz CT molecular complexity index is 960. The molecule has 3 rings (SSSR count). The summed E-state index contributed by atoms with van der Waals surface area (Å²) in [4.78, 5) is 43.5. The van der Waals surface area contributed by atoms with E-state index < -0.39 is 23.9 Å². The predicted molar refractivity (Wildman–Crippen MR) is 117 cm³/mol. The van der Waals surface area contributed by atoms with Gasteiger partial charge in [-0.05, 0) is 55.3 Å². The van der Waals surface area contributed by atoms with Crippen molar-refractivity contribution in [2.75, 3.05) is 13.2 Å². The van der Waals surface area contributed by atoms with E-state index in [1.54, 1.807) is 0 Å². The minimum Gasteiger partial charge on any atom is -0.478 e. The monoisotopic (exact) mass is 458 g/mol. The van der Waals surface area contributed by atoms with E-state index in [1.165, 1.54) is 42.5 Å². The molecule has 33 heavy (non-hydrogen) atoms. The highest BCUT2D eigenvalue weighted by atomic mass is 16.5. The zero-order valence-corrected chi connectivity index (χ0v) is 17.9. The lowest BCUT2D eigenvalue weighted by Gasteiger charge is -2.34. The Labute approximate surface area is 190 Å². The SMILES string of the molecule is O=C(O)c1ccc(C(=O)OCC2(CO)CCCCC2)cc1.O=C(O)c1cccc(C(=O)O)c1. The van der Waals surface area contributed by atoms with Gasteiger partial charge in [0.15, 0.2) is 0 Å². The Hall–Kier alpha value is -3.72. The second-order valence-corrected chi connectivity index (χ2v) is 7.87. The summed E-state index contributed by atoms with van der Waals surface area (Å²) in [5, 5.41) is 35.4. The molecule has 1 aliphatic rings. The minimum atomic E-state index is -1.13. The maximum Gasteiger partial charge on any atom is 0.338 e. The third-order valence-electron chi connectivity index (χ3n) is 5.48. The number of rotatable bonds is 7. The molecule has 2 aromatic rings. The van der Waals surface area contributed by atoms with E-state index in [9.17, 15) is 24.3 Å². The molecule has 0 heterocycles. The number of aliphatic hydroxyl groups excluding tert-OH is 1. The normalized spacial score (nSPS) is 14.3. The molecule has 0 unspecified atom stereocenters. The summed E-state index contributed by atoms with van der Waals surface area (Å²) >= 11 is 0. The summed E-state index contributed by atoms with van der Waals surface area (Å²) in [6, 6.07) is 10.8. The van der Waals surface area contributed by atoms with Crippen LogP contribution in [-0.2, 0) is 4.74 Å². The van der Waals surface area contributed by atoms with Crippen LogP contribution in [0.15, 0.2) is 48.5 Å². The largest absolute Gasteiger partial charge is 0.478 e. The zero-order valence-electron chi connectivity index (χ0n) is 17.9. The van der Waals surface area contributed by atoms with Gasteiger partial charge in [0.05, 0.1) is 35.5 Å². The van der Waals surface area contributed by atoms with Gasteiger partial charge in [0.25, 0.3) is 0 Å². The van der Waals surface area contributed by atoms with Crippen molar-refractivity contribution in [1.82, 2.24) is 0 Å². The van der Waals surface area contributed by atoms with Gasteiger partial charge < -0.3 is 25.2 Å². The highest BCUT2D eigenvalue weighted by molar-refractivity contribution is 5.94. The quantitative estimate of drug-likeness (QED) is 0.455. The number of benzene rings is 2. The number of esters is 1. The van der Waals surface area contributed by atoms with Gasteiger partial charge in [0.1, 0.15) is 0 Å². The van der Waals surface area contributed by atoms with Crippen molar-refractivity contribution in [1.29, 1.82) is 0 Å². The topological polar surface area (TPSA) is 158 Å². The van der Waals surface area contributed by atoms with Gasteiger partial charge in [-0.1, -0.05) is 25.3 Å². The number of carboxylic acids is 3. The van der Waals surface area contributed by atoms with Crippen LogP contribution in [-0.4, -0.2) is 57.5 Å². The van der Waals surface area contributed by atoms with E-state index in [-0.39, 0.29) is 35.3 Å². The van der Waals surface area contributed by atoms with Gasteiger partial charge >= 0.3 is 23.9 Å². The molecule has 1 fully saturated rings. The average molecular weight is 458 g/mol. The number of aliphatic hydroxyl groups is 1. The van der Waals surface area contributed by atoms with Crippen molar-refractivity contribution in [3.63, 3.8) is 0 Å². The van der Waals surface area contributed by atoms with Crippen LogP contribution >= 0.6 is 0 Å². The first-order chi connectivity index (χ1) is 15.7. The maximum absolute atomic E-state index is 12.0. The summed E-state index contributed by atoms with van der Waals surface area (Å²) in [5.74, 6) is -3.77.